The van der Waals surface area contributed by atoms with Crippen LogP contribution in [0.25, 0.3) is 0 Å². The number of hydrogen-bond acceptors (Lipinski definition) is 1. The van der Waals surface area contributed by atoms with Crippen molar-refractivity contribution in [2.45, 2.75) is 12.8 Å². The van der Waals surface area contributed by atoms with Crippen LogP contribution in [0.4, 0.5) is 0 Å². The van der Waals surface area contributed by atoms with Crippen LogP contribution >= 0.6 is 34.8 Å². The van der Waals surface area contributed by atoms with Gasteiger partial charge in [0.15, 0.2) is 0 Å². The summed E-state index contributed by atoms with van der Waals surface area (Å²) in [5.41, 5.74) is 1.82. The number of halogens is 3. The SMILES string of the molecule is Cc1ccccc1C(C(=O)O)c1c(Cl)ccc(Cl)c1Cl. The quantitative estimate of drug-likeness (QED) is 0.789. The summed E-state index contributed by atoms with van der Waals surface area (Å²) in [6.07, 6.45) is 0. The van der Waals surface area contributed by atoms with Crippen molar-refractivity contribution in [3.63, 3.8) is 0 Å². The van der Waals surface area contributed by atoms with Crippen molar-refractivity contribution in [1.29, 1.82) is 0 Å². The van der Waals surface area contributed by atoms with Gasteiger partial charge in [0, 0.05) is 10.6 Å². The molecule has 2 rings (SSSR count). The van der Waals surface area contributed by atoms with Crippen molar-refractivity contribution in [2.75, 3.05) is 0 Å². The Labute approximate surface area is 131 Å². The molecule has 0 aliphatic heterocycles. The Morgan fingerprint density at radius 1 is 1.05 bits per heavy atom. The van der Waals surface area contributed by atoms with E-state index in [0.717, 1.165) is 5.56 Å². The lowest BCUT2D eigenvalue weighted by atomic mass is 9.88. The first kappa shape index (κ1) is 15.2. The van der Waals surface area contributed by atoms with Crippen LogP contribution in [0, 0.1) is 6.92 Å². The Morgan fingerprint density at radius 2 is 1.65 bits per heavy atom. The molecule has 1 unspecified atom stereocenters. The Kier molecular flexibility index (Phi) is 4.59. The van der Waals surface area contributed by atoms with Gasteiger partial charge >= 0.3 is 5.97 Å². The van der Waals surface area contributed by atoms with E-state index in [-0.39, 0.29) is 15.1 Å². The molecule has 20 heavy (non-hydrogen) atoms. The van der Waals surface area contributed by atoms with Gasteiger partial charge in [-0.15, -0.1) is 0 Å². The lowest BCUT2D eigenvalue weighted by Crippen LogP contribution is -2.15. The van der Waals surface area contributed by atoms with Crippen LogP contribution in [0.15, 0.2) is 36.4 Å². The van der Waals surface area contributed by atoms with Gasteiger partial charge in [0.25, 0.3) is 0 Å². The topological polar surface area (TPSA) is 37.3 Å². The van der Waals surface area contributed by atoms with Crippen LogP contribution in [0.3, 0.4) is 0 Å². The number of benzene rings is 2. The fourth-order valence-electron chi connectivity index (χ4n) is 2.13. The number of hydrogen-bond donors (Lipinski definition) is 1. The Balaban J connectivity index is 2.71. The minimum absolute atomic E-state index is 0.176. The van der Waals surface area contributed by atoms with E-state index < -0.39 is 11.9 Å². The zero-order valence-electron chi connectivity index (χ0n) is 10.5. The molecule has 0 aliphatic carbocycles. The molecule has 0 radical (unpaired) electrons. The molecule has 2 aromatic rings. The first-order valence-electron chi connectivity index (χ1n) is 5.85. The predicted molar refractivity (Wildman–Crippen MR) is 82.1 cm³/mol. The van der Waals surface area contributed by atoms with Crippen LogP contribution < -0.4 is 0 Å². The van der Waals surface area contributed by atoms with Crippen molar-refractivity contribution in [2.24, 2.45) is 0 Å². The number of aryl methyl sites for hydroxylation is 1. The van der Waals surface area contributed by atoms with Gasteiger partial charge in [-0.3, -0.25) is 4.79 Å². The molecule has 0 saturated heterocycles. The molecule has 0 fully saturated rings. The van der Waals surface area contributed by atoms with Gasteiger partial charge in [-0.25, -0.2) is 0 Å². The van der Waals surface area contributed by atoms with Crippen LogP contribution in [0.5, 0.6) is 0 Å². The van der Waals surface area contributed by atoms with E-state index >= 15 is 0 Å². The van der Waals surface area contributed by atoms with Crippen LogP contribution in [-0.2, 0) is 4.79 Å². The minimum Gasteiger partial charge on any atom is -0.481 e. The van der Waals surface area contributed by atoms with E-state index in [0.29, 0.717) is 11.1 Å². The number of carbonyl (C=O) groups is 1. The van der Waals surface area contributed by atoms with Gasteiger partial charge in [-0.1, -0.05) is 59.1 Å². The van der Waals surface area contributed by atoms with Crippen LogP contribution in [-0.4, -0.2) is 11.1 Å². The minimum atomic E-state index is -1.02. The summed E-state index contributed by atoms with van der Waals surface area (Å²) >= 11 is 18.3. The second-order valence-electron chi connectivity index (χ2n) is 4.38. The van der Waals surface area contributed by atoms with Gasteiger partial charge in [0.1, 0.15) is 5.92 Å². The highest BCUT2D eigenvalue weighted by atomic mass is 35.5. The van der Waals surface area contributed by atoms with Gasteiger partial charge in [0.2, 0.25) is 0 Å². The Hall–Kier alpha value is -1.22. The molecule has 0 saturated carbocycles. The molecule has 0 aromatic heterocycles. The molecule has 0 amide bonds. The van der Waals surface area contributed by atoms with E-state index in [1.54, 1.807) is 24.3 Å². The molecule has 2 nitrogen and oxygen atoms in total. The monoisotopic (exact) mass is 328 g/mol. The van der Waals surface area contributed by atoms with Gasteiger partial charge in [-0.2, -0.15) is 0 Å². The average Bonchev–Trinajstić information content (AvgIpc) is 2.40. The average molecular weight is 330 g/mol. The lowest BCUT2D eigenvalue weighted by molar-refractivity contribution is -0.137. The molecule has 1 atom stereocenters. The second-order valence-corrected chi connectivity index (χ2v) is 5.58. The maximum atomic E-state index is 11.7. The Morgan fingerprint density at radius 3 is 2.25 bits per heavy atom. The van der Waals surface area contributed by atoms with Crippen molar-refractivity contribution < 1.29 is 9.90 Å². The van der Waals surface area contributed by atoms with Crippen molar-refractivity contribution >= 4 is 40.8 Å². The number of carboxylic acid groups (broad SMARTS) is 1. The highest BCUT2D eigenvalue weighted by molar-refractivity contribution is 6.44. The van der Waals surface area contributed by atoms with Gasteiger partial charge < -0.3 is 5.11 Å². The third kappa shape index (κ3) is 2.78. The summed E-state index contributed by atoms with van der Waals surface area (Å²) in [6.45, 7) is 1.84. The van der Waals surface area contributed by atoms with E-state index in [9.17, 15) is 9.90 Å². The largest absolute Gasteiger partial charge is 0.481 e. The van der Waals surface area contributed by atoms with E-state index in [2.05, 4.69) is 0 Å². The smallest absolute Gasteiger partial charge is 0.315 e. The molecule has 104 valence electrons. The molecular weight excluding hydrogens is 319 g/mol. The molecular formula is C15H11Cl3O2. The predicted octanol–water partition coefficient (Wildman–Crippen LogP) is 5.17. The first-order chi connectivity index (χ1) is 9.43. The molecule has 0 spiro atoms. The fraction of sp³-hybridized carbons (Fsp3) is 0.133. The van der Waals surface area contributed by atoms with Crippen molar-refractivity contribution in [3.8, 4) is 0 Å². The molecule has 2 aromatic carbocycles. The summed E-state index contributed by atoms with van der Waals surface area (Å²) in [6, 6.07) is 10.3. The van der Waals surface area contributed by atoms with E-state index in [1.165, 1.54) is 0 Å². The van der Waals surface area contributed by atoms with Crippen LogP contribution in [0.1, 0.15) is 22.6 Å². The second kappa shape index (κ2) is 6.04. The summed E-state index contributed by atoms with van der Waals surface area (Å²) in [4.78, 5) is 11.7. The maximum absolute atomic E-state index is 11.7. The molecule has 0 heterocycles. The summed E-state index contributed by atoms with van der Waals surface area (Å²) in [5.74, 6) is -1.97. The van der Waals surface area contributed by atoms with Gasteiger partial charge in [0.05, 0.1) is 10.0 Å². The van der Waals surface area contributed by atoms with Crippen molar-refractivity contribution in [1.82, 2.24) is 0 Å². The zero-order valence-corrected chi connectivity index (χ0v) is 12.8. The van der Waals surface area contributed by atoms with Crippen molar-refractivity contribution in [3.05, 3.63) is 68.2 Å². The third-order valence-electron chi connectivity index (χ3n) is 3.11. The molecule has 1 N–H and O–H groups in total. The highest BCUT2D eigenvalue weighted by Gasteiger charge is 2.28. The lowest BCUT2D eigenvalue weighted by Gasteiger charge is -2.19. The zero-order chi connectivity index (χ0) is 14.9. The van der Waals surface area contributed by atoms with E-state index in [4.69, 9.17) is 34.8 Å². The first-order valence-corrected chi connectivity index (χ1v) is 6.98. The van der Waals surface area contributed by atoms with E-state index in [1.807, 2.05) is 19.1 Å². The fourth-order valence-corrected chi connectivity index (χ4v) is 2.88. The highest BCUT2D eigenvalue weighted by Crippen LogP contribution is 2.40. The summed E-state index contributed by atoms with van der Waals surface area (Å²) < 4.78 is 0. The molecule has 5 heteroatoms. The molecule has 0 aliphatic rings. The normalized spacial score (nSPS) is 12.2. The number of carboxylic acids is 1. The standard InChI is InChI=1S/C15H11Cl3O2/c1-8-4-2-3-5-9(8)12(15(19)20)13-10(16)6-7-11(17)14(13)18/h2-7,12H,1H3,(H,19,20). The summed E-state index contributed by atoms with van der Waals surface area (Å²) in [5, 5.41) is 10.3. The van der Waals surface area contributed by atoms with Crippen LogP contribution in [0.2, 0.25) is 15.1 Å². The maximum Gasteiger partial charge on any atom is 0.315 e. The summed E-state index contributed by atoms with van der Waals surface area (Å²) in [7, 11) is 0. The molecule has 0 bridgehead atoms. The third-order valence-corrected chi connectivity index (χ3v) is 4.26. The van der Waals surface area contributed by atoms with Gasteiger partial charge in [-0.05, 0) is 30.2 Å². The Bertz CT molecular complexity index is 668. The number of rotatable bonds is 3. The number of aliphatic carboxylic acids is 1.